The second-order valence-corrected chi connectivity index (χ2v) is 7.67. The largest absolute Gasteiger partial charge is 0.479 e. The summed E-state index contributed by atoms with van der Waals surface area (Å²) in [6.45, 7) is 1.44. The summed E-state index contributed by atoms with van der Waals surface area (Å²) in [5, 5.41) is 9.93. The van der Waals surface area contributed by atoms with Crippen molar-refractivity contribution in [3.8, 4) is 5.75 Å². The van der Waals surface area contributed by atoms with Gasteiger partial charge in [-0.3, -0.25) is 15.0 Å². The number of benzene rings is 2. The zero-order valence-electron chi connectivity index (χ0n) is 15.2. The predicted octanol–water partition coefficient (Wildman–Crippen LogP) is 3.08. The summed E-state index contributed by atoms with van der Waals surface area (Å²) in [4.78, 5) is 36.1. The third kappa shape index (κ3) is 5.01. The zero-order valence-corrected chi connectivity index (χ0v) is 16.8. The summed E-state index contributed by atoms with van der Waals surface area (Å²) in [5.41, 5.74) is 3.64. The van der Waals surface area contributed by atoms with Gasteiger partial charge in [0.25, 0.3) is 11.8 Å². The minimum absolute atomic E-state index is 0.223. The second-order valence-electron chi connectivity index (χ2n) is 5.99. The van der Waals surface area contributed by atoms with Gasteiger partial charge in [-0.2, -0.15) is 5.01 Å². The number of ether oxygens (including phenoxy) is 1. The minimum atomic E-state index is -1.06. The average molecular weight is 428 g/mol. The number of nitrogens with one attached hydrogen (secondary N) is 1. The number of aliphatic carboxylic acids is 1. The number of nitrogens with zero attached hydrogens (tertiary/aromatic N) is 1. The van der Waals surface area contributed by atoms with Crippen molar-refractivity contribution in [3.05, 3.63) is 70.6 Å². The fourth-order valence-electron chi connectivity index (χ4n) is 2.37. The first kappa shape index (κ1) is 20.6. The third-order valence-electron chi connectivity index (χ3n) is 3.88. The van der Waals surface area contributed by atoms with E-state index in [4.69, 9.17) is 22.1 Å². The topological polar surface area (TPSA) is 95.9 Å². The van der Waals surface area contributed by atoms with Crippen molar-refractivity contribution < 1.29 is 24.2 Å². The molecule has 1 aliphatic rings. The Labute approximate surface area is 176 Å². The van der Waals surface area contributed by atoms with E-state index < -0.39 is 23.9 Å². The van der Waals surface area contributed by atoms with Crippen molar-refractivity contribution in [1.29, 1.82) is 0 Å². The summed E-state index contributed by atoms with van der Waals surface area (Å²) in [5.74, 6) is -1.52. The molecule has 0 saturated carbocycles. The molecular weight excluding hydrogens is 412 g/mol. The Bertz CT molecular complexity index is 990. The molecule has 2 aromatic carbocycles. The SMILES string of the molecule is CC(Oc1ccc(/C=C2/SC(=S)N(NC(=O)c3ccccc3)C2=O)cc1)C(=O)O. The van der Waals surface area contributed by atoms with Gasteiger partial charge in [-0.25, -0.2) is 4.79 Å². The van der Waals surface area contributed by atoms with Gasteiger partial charge in [0.1, 0.15) is 5.75 Å². The lowest BCUT2D eigenvalue weighted by Gasteiger charge is -2.15. The van der Waals surface area contributed by atoms with Gasteiger partial charge < -0.3 is 9.84 Å². The Balaban J connectivity index is 1.69. The molecule has 3 rings (SSSR count). The number of hydrogen-bond acceptors (Lipinski definition) is 6. The monoisotopic (exact) mass is 428 g/mol. The Morgan fingerprint density at radius 3 is 2.45 bits per heavy atom. The molecule has 0 radical (unpaired) electrons. The van der Waals surface area contributed by atoms with Crippen LogP contribution in [-0.4, -0.2) is 38.3 Å². The molecule has 1 unspecified atom stereocenters. The van der Waals surface area contributed by atoms with Gasteiger partial charge in [0.2, 0.25) is 0 Å². The highest BCUT2D eigenvalue weighted by molar-refractivity contribution is 8.26. The molecule has 1 aliphatic heterocycles. The van der Waals surface area contributed by atoms with Gasteiger partial charge in [-0.15, -0.1) is 0 Å². The number of hydrogen-bond donors (Lipinski definition) is 2. The molecule has 2 amide bonds. The molecule has 1 fully saturated rings. The van der Waals surface area contributed by atoms with E-state index in [-0.39, 0.29) is 4.32 Å². The van der Waals surface area contributed by atoms with Gasteiger partial charge in [0.05, 0.1) is 4.91 Å². The van der Waals surface area contributed by atoms with Crippen molar-refractivity contribution in [2.75, 3.05) is 0 Å². The highest BCUT2D eigenvalue weighted by Crippen LogP contribution is 2.31. The summed E-state index contributed by atoms with van der Waals surface area (Å²) in [6, 6.07) is 15.1. The molecule has 7 nitrogen and oxygen atoms in total. The molecule has 0 spiro atoms. The quantitative estimate of drug-likeness (QED) is 0.539. The van der Waals surface area contributed by atoms with Gasteiger partial charge in [-0.1, -0.05) is 42.1 Å². The fourth-order valence-corrected chi connectivity index (χ4v) is 3.55. The molecule has 1 saturated heterocycles. The molecule has 148 valence electrons. The van der Waals surface area contributed by atoms with Gasteiger partial charge in [0, 0.05) is 5.56 Å². The summed E-state index contributed by atoms with van der Waals surface area (Å²) >= 11 is 6.29. The molecule has 1 heterocycles. The maximum atomic E-state index is 12.6. The summed E-state index contributed by atoms with van der Waals surface area (Å²) < 4.78 is 5.50. The zero-order chi connectivity index (χ0) is 21.0. The van der Waals surface area contributed by atoms with Gasteiger partial charge in [-0.05, 0) is 55.0 Å². The number of carboxylic acids is 1. The van der Waals surface area contributed by atoms with Crippen LogP contribution in [0.5, 0.6) is 5.75 Å². The first-order chi connectivity index (χ1) is 13.8. The van der Waals surface area contributed by atoms with E-state index in [1.54, 1.807) is 60.7 Å². The molecule has 2 aromatic rings. The first-order valence-corrected chi connectivity index (χ1v) is 9.71. The van der Waals surface area contributed by atoms with E-state index >= 15 is 0 Å². The Morgan fingerprint density at radius 2 is 1.83 bits per heavy atom. The Morgan fingerprint density at radius 1 is 1.17 bits per heavy atom. The second kappa shape index (κ2) is 8.89. The standard InChI is InChI=1S/C20H16N2O5S2/c1-12(19(25)26)27-15-9-7-13(8-10-15)11-16-18(24)22(20(28)29-16)21-17(23)14-5-3-2-4-6-14/h2-12H,1H3,(H,21,23)(H,25,26)/b16-11+. The fraction of sp³-hybridized carbons (Fsp3) is 0.100. The molecule has 2 N–H and O–H groups in total. The summed E-state index contributed by atoms with van der Waals surface area (Å²) in [7, 11) is 0. The minimum Gasteiger partial charge on any atom is -0.479 e. The molecule has 0 aliphatic carbocycles. The average Bonchev–Trinajstić information content (AvgIpc) is 2.97. The molecule has 0 bridgehead atoms. The molecular formula is C20H16N2O5S2. The number of carbonyl (C=O) groups excluding carboxylic acids is 2. The van der Waals surface area contributed by atoms with Crippen LogP contribution in [0.2, 0.25) is 0 Å². The number of thiocarbonyl (C=S) groups is 1. The molecule has 0 aromatic heterocycles. The van der Waals surface area contributed by atoms with Crippen LogP contribution < -0.4 is 10.2 Å². The van der Waals surface area contributed by atoms with E-state index in [2.05, 4.69) is 5.43 Å². The van der Waals surface area contributed by atoms with Crippen LogP contribution in [0.15, 0.2) is 59.5 Å². The highest BCUT2D eigenvalue weighted by atomic mass is 32.2. The van der Waals surface area contributed by atoms with Gasteiger partial charge >= 0.3 is 5.97 Å². The maximum Gasteiger partial charge on any atom is 0.344 e. The van der Waals surface area contributed by atoms with Crippen molar-refractivity contribution in [3.63, 3.8) is 0 Å². The normalized spacial score (nSPS) is 16.0. The Hall–Kier alpha value is -3.17. The number of thioether (sulfide) groups is 1. The molecule has 1 atom stereocenters. The van der Waals surface area contributed by atoms with Crippen LogP contribution in [0, 0.1) is 0 Å². The van der Waals surface area contributed by atoms with Gasteiger partial charge in [0.15, 0.2) is 10.4 Å². The van der Waals surface area contributed by atoms with Crippen molar-refractivity contribution in [2.45, 2.75) is 13.0 Å². The van der Waals surface area contributed by atoms with Crippen LogP contribution in [0.4, 0.5) is 0 Å². The van der Waals surface area contributed by atoms with E-state index in [1.807, 2.05) is 0 Å². The van der Waals surface area contributed by atoms with Crippen molar-refractivity contribution >= 4 is 52.2 Å². The maximum absolute atomic E-state index is 12.6. The number of carboxylic acid groups (broad SMARTS) is 1. The third-order valence-corrected chi connectivity index (χ3v) is 5.18. The van der Waals surface area contributed by atoms with E-state index in [0.29, 0.717) is 21.8 Å². The number of rotatable bonds is 6. The van der Waals surface area contributed by atoms with E-state index in [0.717, 1.165) is 16.8 Å². The first-order valence-electron chi connectivity index (χ1n) is 8.48. The van der Waals surface area contributed by atoms with E-state index in [1.165, 1.54) is 6.92 Å². The highest BCUT2D eigenvalue weighted by Gasteiger charge is 2.33. The number of hydrazine groups is 1. The van der Waals surface area contributed by atoms with Crippen LogP contribution in [0.3, 0.4) is 0 Å². The van der Waals surface area contributed by atoms with Crippen LogP contribution in [0.1, 0.15) is 22.8 Å². The summed E-state index contributed by atoms with van der Waals surface area (Å²) in [6.07, 6.45) is 0.670. The molecule has 29 heavy (non-hydrogen) atoms. The van der Waals surface area contributed by atoms with Crippen LogP contribution >= 0.6 is 24.0 Å². The lowest BCUT2D eigenvalue weighted by molar-refractivity contribution is -0.144. The number of amides is 2. The van der Waals surface area contributed by atoms with E-state index in [9.17, 15) is 14.4 Å². The van der Waals surface area contributed by atoms with Crippen molar-refractivity contribution in [2.24, 2.45) is 0 Å². The van der Waals surface area contributed by atoms with Crippen LogP contribution in [0.25, 0.3) is 6.08 Å². The lowest BCUT2D eigenvalue weighted by atomic mass is 10.2. The molecule has 9 heteroatoms. The Kier molecular flexibility index (Phi) is 6.30. The number of carbonyl (C=O) groups is 3. The van der Waals surface area contributed by atoms with Crippen LogP contribution in [-0.2, 0) is 9.59 Å². The van der Waals surface area contributed by atoms with Crippen molar-refractivity contribution in [1.82, 2.24) is 10.4 Å². The smallest absolute Gasteiger partial charge is 0.344 e. The lowest BCUT2D eigenvalue weighted by Crippen LogP contribution is -2.44. The predicted molar refractivity (Wildman–Crippen MR) is 113 cm³/mol.